The van der Waals surface area contributed by atoms with Gasteiger partial charge in [0.2, 0.25) is 0 Å². The molecule has 0 spiro atoms. The number of rotatable bonds is 20. The van der Waals surface area contributed by atoms with Gasteiger partial charge in [-0.15, -0.1) is 4.52 Å². The van der Waals surface area contributed by atoms with Crippen molar-refractivity contribution in [3.05, 3.63) is 71.3 Å². The minimum atomic E-state index is -5.08. The third kappa shape index (κ3) is 14.4. The summed E-state index contributed by atoms with van der Waals surface area (Å²) >= 11 is 0. The molecule has 0 radical (unpaired) electrons. The SMILES string of the molecule is CC(C)(C)OC(=O)N[C@@H](CCCCC(=O)OCc1ccccc1)C(=O)O[C@H]1[C@@H](O)[C@H](n2cnc3c(N)ncnc32)O[C@@H]1CO[P+](O)(O)O[C@H]1C[C@H](n2ccc(N)nc2=O)O[C@@H]1COP(=O)(O)O. The number of carbonyl (C=O) groups excluding carboxylic acids is 3. The van der Waals surface area contributed by atoms with Crippen molar-refractivity contribution >= 4 is 56.8 Å². The van der Waals surface area contributed by atoms with Crippen LogP contribution in [0.3, 0.4) is 0 Å². The number of unbranched alkanes of at least 4 members (excludes halogenated alkanes) is 1. The van der Waals surface area contributed by atoms with Crippen LogP contribution in [-0.2, 0) is 58.0 Å². The molecule has 2 fully saturated rings. The lowest BCUT2D eigenvalue weighted by Gasteiger charge is -2.26. The average Bonchev–Trinajstić information content (AvgIpc) is 3.94. The number of amides is 1. The number of nitrogens with zero attached hydrogens (tertiary/aromatic N) is 6. The number of aliphatic hydroxyl groups is 1. The van der Waals surface area contributed by atoms with Crippen LogP contribution < -0.4 is 22.5 Å². The van der Waals surface area contributed by atoms with Crippen molar-refractivity contribution in [2.45, 2.75) is 114 Å². The van der Waals surface area contributed by atoms with Gasteiger partial charge in [0.1, 0.15) is 73.2 Å². The summed E-state index contributed by atoms with van der Waals surface area (Å²) in [5, 5.41) is 14.2. The molecule has 27 nitrogen and oxygen atoms in total. The second-order valence-electron chi connectivity index (χ2n) is 16.3. The number of phosphoric acid groups is 1. The molecule has 6 rings (SSSR count). The van der Waals surface area contributed by atoms with Gasteiger partial charge in [-0.1, -0.05) is 36.8 Å². The molecule has 2 aliphatic heterocycles. The number of alkyl carbamates (subject to hydrolysis) is 1. The molecule has 29 heteroatoms. The van der Waals surface area contributed by atoms with Crippen molar-refractivity contribution in [3.8, 4) is 0 Å². The molecule has 0 aliphatic carbocycles. The number of imidazole rings is 1. The van der Waals surface area contributed by atoms with E-state index in [1.54, 1.807) is 32.9 Å². The van der Waals surface area contributed by atoms with Gasteiger partial charge in [-0.2, -0.15) is 19.3 Å². The van der Waals surface area contributed by atoms with Gasteiger partial charge in [-0.25, -0.2) is 33.9 Å². The van der Waals surface area contributed by atoms with Gasteiger partial charge in [0.15, 0.2) is 23.8 Å². The maximum absolute atomic E-state index is 14.0. The van der Waals surface area contributed by atoms with E-state index in [0.717, 1.165) is 16.5 Å². The zero-order valence-corrected chi connectivity index (χ0v) is 38.0. The highest BCUT2D eigenvalue weighted by Gasteiger charge is 2.54. The summed E-state index contributed by atoms with van der Waals surface area (Å²) in [6.07, 6.45) is -7.88. The number of anilines is 2. The fraction of sp³-hybridized carbons (Fsp3) is 0.526. The van der Waals surface area contributed by atoms with Crippen LogP contribution in [0.2, 0.25) is 0 Å². The minimum absolute atomic E-state index is 0.00734. The Hall–Kier alpha value is -5.28. The average molecular weight is 985 g/mol. The van der Waals surface area contributed by atoms with Crippen LogP contribution in [0.4, 0.5) is 16.4 Å². The lowest BCUT2D eigenvalue weighted by Crippen LogP contribution is -2.47. The molecule has 2 saturated heterocycles. The van der Waals surface area contributed by atoms with Crippen molar-refractivity contribution in [3.63, 3.8) is 0 Å². The number of hydrogen-bond acceptors (Lipinski definition) is 22. The first kappa shape index (κ1) is 51.1. The van der Waals surface area contributed by atoms with Gasteiger partial charge in [0, 0.05) is 19.0 Å². The number of fused-ring (bicyclic) bond motifs is 1. The summed E-state index contributed by atoms with van der Waals surface area (Å²) in [7, 11) is -10.1. The summed E-state index contributed by atoms with van der Waals surface area (Å²) in [6.45, 7) is 3.18. The summed E-state index contributed by atoms with van der Waals surface area (Å²) in [5.74, 6) is -1.69. The molecule has 366 valence electrons. The number of esters is 2. The normalized spacial score (nSPS) is 22.7. The number of aliphatic hydroxyl groups excluding tert-OH is 1. The molecule has 67 heavy (non-hydrogen) atoms. The molecule has 0 bridgehead atoms. The van der Waals surface area contributed by atoms with Gasteiger partial charge in [0.05, 0.1) is 12.9 Å². The molecule has 3 aromatic heterocycles. The third-order valence-electron chi connectivity index (χ3n) is 9.99. The molecule has 10 N–H and O–H groups in total. The van der Waals surface area contributed by atoms with Gasteiger partial charge in [-0.05, 0) is 45.2 Å². The van der Waals surface area contributed by atoms with Crippen molar-refractivity contribution < 1.29 is 80.9 Å². The quantitative estimate of drug-likeness (QED) is 0.0266. The van der Waals surface area contributed by atoms with Crippen LogP contribution in [-0.4, -0.2) is 127 Å². The van der Waals surface area contributed by atoms with Crippen molar-refractivity contribution in [2.24, 2.45) is 0 Å². The Bertz CT molecular complexity index is 2450. The Morgan fingerprint density at radius 1 is 1.01 bits per heavy atom. The number of benzene rings is 1. The maximum atomic E-state index is 14.0. The number of phosphoric ester groups is 1. The van der Waals surface area contributed by atoms with Gasteiger partial charge in [-0.3, -0.25) is 18.5 Å². The van der Waals surface area contributed by atoms with Crippen molar-refractivity contribution in [2.75, 3.05) is 24.7 Å². The Labute approximate surface area is 381 Å². The van der Waals surface area contributed by atoms with Crippen LogP contribution >= 0.6 is 16.0 Å². The Balaban J connectivity index is 1.18. The van der Waals surface area contributed by atoms with Crippen LogP contribution in [0.25, 0.3) is 11.2 Å². The van der Waals surface area contributed by atoms with Gasteiger partial charge in [0.25, 0.3) is 0 Å². The van der Waals surface area contributed by atoms with E-state index in [1.807, 2.05) is 18.2 Å². The van der Waals surface area contributed by atoms with Gasteiger partial charge < -0.3 is 55.4 Å². The first-order valence-corrected chi connectivity index (χ1v) is 23.7. The van der Waals surface area contributed by atoms with E-state index in [4.69, 9.17) is 44.2 Å². The van der Waals surface area contributed by atoms with E-state index in [1.165, 1.54) is 23.2 Å². The number of nitrogens with two attached hydrogens (primary N) is 2. The highest BCUT2D eigenvalue weighted by molar-refractivity contribution is 7.54. The predicted molar refractivity (Wildman–Crippen MR) is 229 cm³/mol. The van der Waals surface area contributed by atoms with Crippen LogP contribution in [0.1, 0.15) is 70.9 Å². The Kier molecular flexibility index (Phi) is 16.6. The molecule has 0 saturated carbocycles. The number of nitrogen functional groups attached to an aromatic ring is 2. The zero-order chi connectivity index (χ0) is 48.7. The van der Waals surface area contributed by atoms with E-state index in [9.17, 15) is 48.4 Å². The first-order valence-electron chi connectivity index (χ1n) is 20.6. The monoisotopic (exact) mass is 984 g/mol. The number of carbonyl (C=O) groups is 3. The second-order valence-corrected chi connectivity index (χ2v) is 18.9. The number of nitrogens with one attached hydrogen (secondary N) is 1. The van der Waals surface area contributed by atoms with Crippen LogP contribution in [0, 0.1) is 0 Å². The van der Waals surface area contributed by atoms with Crippen molar-refractivity contribution in [1.29, 1.82) is 0 Å². The highest BCUT2D eigenvalue weighted by Crippen LogP contribution is 2.56. The van der Waals surface area contributed by atoms with Crippen molar-refractivity contribution in [1.82, 2.24) is 34.4 Å². The molecular weight excluding hydrogens is 932 g/mol. The molecule has 2 aliphatic rings. The largest absolute Gasteiger partial charge is 0.570 e. The summed E-state index contributed by atoms with van der Waals surface area (Å²) in [6, 6.07) is 8.92. The standard InChI is InChI=1S/C38H51N9O18P2/c1-38(2,3)64-37(52)44-22(11-7-8-12-28(48)58-16-21-9-5-4-6-10-21)35(50)63-31-25(62-34(30(31)49)47-20-43-29-32(40)41-19-42-33(29)47)18-60-67(56,57)65-23-15-27(46-14-13-26(39)45-36(46)51)61-24(23)17-59-66(53,54)55/h4-6,9-10,13-14,19-20,22-25,27,30-31,34,49,56-57H,7-8,11-12,15-18H2,1-3H3,(H6-,39,40,41,42,44,45,51,52,53,54,55)/p+1/t22-,23-,24+,25+,27+,30+,31+,34+/m0/s1. The van der Waals surface area contributed by atoms with Gasteiger partial charge >= 0.3 is 39.7 Å². The fourth-order valence-corrected chi connectivity index (χ4v) is 8.27. The van der Waals surface area contributed by atoms with E-state index in [2.05, 4.69) is 29.8 Å². The summed E-state index contributed by atoms with van der Waals surface area (Å²) < 4.78 is 57.7. The molecule has 1 amide bonds. The minimum Gasteiger partial charge on any atom is -0.461 e. The molecule has 8 atom stereocenters. The lowest BCUT2D eigenvalue weighted by atomic mass is 10.1. The molecular formula is C38H52N9O18P2+. The Morgan fingerprint density at radius 3 is 2.46 bits per heavy atom. The Morgan fingerprint density at radius 2 is 1.76 bits per heavy atom. The predicted octanol–water partition coefficient (Wildman–Crippen LogP) is 1.08. The number of aromatic nitrogens is 6. The smallest absolute Gasteiger partial charge is 0.461 e. The fourth-order valence-electron chi connectivity index (χ4n) is 6.95. The van der Waals surface area contributed by atoms with E-state index >= 15 is 0 Å². The second kappa shape index (κ2) is 21.8. The summed E-state index contributed by atoms with van der Waals surface area (Å²) in [4.78, 5) is 109. The number of ether oxygens (including phenoxy) is 5. The zero-order valence-electron chi connectivity index (χ0n) is 36.2. The van der Waals surface area contributed by atoms with E-state index in [-0.39, 0.29) is 61.5 Å². The molecule has 5 heterocycles. The molecule has 1 aromatic carbocycles. The maximum Gasteiger partial charge on any atom is 0.570 e. The molecule has 4 aromatic rings. The third-order valence-corrected chi connectivity index (χ3v) is 11.5. The number of hydrogen-bond donors (Lipinski definition) is 8. The highest BCUT2D eigenvalue weighted by atomic mass is 31.2. The first-order chi connectivity index (χ1) is 31.6. The lowest BCUT2D eigenvalue weighted by molar-refractivity contribution is -0.159. The summed E-state index contributed by atoms with van der Waals surface area (Å²) in [5.41, 5.74) is 10.8. The van der Waals surface area contributed by atoms with Crippen LogP contribution in [0.5, 0.6) is 0 Å². The molecule has 0 unspecified atom stereocenters. The van der Waals surface area contributed by atoms with Crippen LogP contribution in [0.15, 0.2) is 60.0 Å². The van der Waals surface area contributed by atoms with E-state index < -0.39 is 108 Å². The topological polar surface area (TPSA) is 386 Å². The van der Waals surface area contributed by atoms with E-state index in [0.29, 0.717) is 0 Å².